The molecule has 1 saturated heterocycles. The van der Waals surface area contributed by atoms with Gasteiger partial charge in [0, 0.05) is 50.4 Å². The fourth-order valence-electron chi connectivity index (χ4n) is 3.02. The van der Waals surface area contributed by atoms with Crippen LogP contribution in [0.2, 0.25) is 0 Å². The van der Waals surface area contributed by atoms with Gasteiger partial charge in [-0.05, 0) is 24.3 Å². The number of piperazine rings is 1. The van der Waals surface area contributed by atoms with Gasteiger partial charge in [0.05, 0.1) is 0 Å². The summed E-state index contributed by atoms with van der Waals surface area (Å²) in [4.78, 5) is 25.3. The van der Waals surface area contributed by atoms with E-state index in [0.717, 1.165) is 30.0 Å². The maximum atomic E-state index is 12.5. The summed E-state index contributed by atoms with van der Waals surface area (Å²) in [5, 5.41) is 3.90. The highest BCUT2D eigenvalue weighted by Crippen LogP contribution is 2.20. The van der Waals surface area contributed by atoms with Crippen molar-refractivity contribution < 1.29 is 9.32 Å². The second-order valence-corrected chi connectivity index (χ2v) is 6.19. The van der Waals surface area contributed by atoms with Crippen LogP contribution in [0.1, 0.15) is 16.2 Å². The standard InChI is InChI=1S/C19H19N5O2/c1-14-21-18(22-26-14)16-7-8-17(20-13-16)23-9-11-24(12-10-23)19(25)15-5-3-2-4-6-15/h2-8,13H,9-12H2,1H3. The molecule has 0 bridgehead atoms. The zero-order valence-electron chi connectivity index (χ0n) is 14.5. The monoisotopic (exact) mass is 349 g/mol. The van der Waals surface area contributed by atoms with E-state index in [-0.39, 0.29) is 5.91 Å². The Hall–Kier alpha value is -3.22. The second kappa shape index (κ2) is 6.95. The average Bonchev–Trinajstić information content (AvgIpc) is 3.15. The minimum atomic E-state index is 0.0843. The molecule has 0 saturated carbocycles. The highest BCUT2D eigenvalue weighted by atomic mass is 16.5. The van der Waals surface area contributed by atoms with Gasteiger partial charge < -0.3 is 14.3 Å². The zero-order valence-corrected chi connectivity index (χ0v) is 14.5. The van der Waals surface area contributed by atoms with Gasteiger partial charge >= 0.3 is 0 Å². The third-order valence-electron chi connectivity index (χ3n) is 4.45. The molecule has 7 nitrogen and oxygen atoms in total. The van der Waals surface area contributed by atoms with Gasteiger partial charge in [0.2, 0.25) is 11.7 Å². The molecular formula is C19H19N5O2. The van der Waals surface area contributed by atoms with Crippen LogP contribution in [0.25, 0.3) is 11.4 Å². The van der Waals surface area contributed by atoms with Crippen LogP contribution in [0.5, 0.6) is 0 Å². The molecule has 7 heteroatoms. The SMILES string of the molecule is Cc1nc(-c2ccc(N3CCN(C(=O)c4ccccc4)CC3)nc2)no1. The predicted octanol–water partition coefficient (Wildman–Crippen LogP) is 2.40. The molecule has 4 rings (SSSR count). The van der Waals surface area contributed by atoms with Crippen molar-refractivity contribution in [1.29, 1.82) is 0 Å². The summed E-state index contributed by atoms with van der Waals surface area (Å²) in [6, 6.07) is 13.3. The molecule has 1 aliphatic heterocycles. The zero-order chi connectivity index (χ0) is 17.9. The first-order chi connectivity index (χ1) is 12.7. The normalized spacial score (nSPS) is 14.5. The molecule has 132 valence electrons. The summed E-state index contributed by atoms with van der Waals surface area (Å²) in [6.07, 6.45) is 1.75. The number of amides is 1. The van der Waals surface area contributed by atoms with Gasteiger partial charge in [-0.2, -0.15) is 4.98 Å². The Bertz CT molecular complexity index is 884. The summed E-state index contributed by atoms with van der Waals surface area (Å²) >= 11 is 0. The Balaban J connectivity index is 1.39. The molecule has 2 aromatic heterocycles. The van der Waals surface area contributed by atoms with Crippen LogP contribution in [0.3, 0.4) is 0 Å². The number of hydrogen-bond donors (Lipinski definition) is 0. The molecule has 0 unspecified atom stereocenters. The highest BCUT2D eigenvalue weighted by molar-refractivity contribution is 5.94. The van der Waals surface area contributed by atoms with E-state index in [1.165, 1.54) is 0 Å². The lowest BCUT2D eigenvalue weighted by Gasteiger charge is -2.35. The number of anilines is 1. The lowest BCUT2D eigenvalue weighted by molar-refractivity contribution is 0.0746. The summed E-state index contributed by atoms with van der Waals surface area (Å²) in [5.41, 5.74) is 1.56. The number of benzene rings is 1. The second-order valence-electron chi connectivity index (χ2n) is 6.19. The lowest BCUT2D eigenvalue weighted by Crippen LogP contribution is -2.49. The van der Waals surface area contributed by atoms with Crippen LogP contribution in [0.4, 0.5) is 5.82 Å². The molecule has 1 aromatic carbocycles. The number of hydrogen-bond acceptors (Lipinski definition) is 6. The van der Waals surface area contributed by atoms with Crippen LogP contribution in [0.15, 0.2) is 53.2 Å². The van der Waals surface area contributed by atoms with Crippen molar-refractivity contribution in [2.45, 2.75) is 6.92 Å². The van der Waals surface area contributed by atoms with Crippen molar-refractivity contribution in [2.75, 3.05) is 31.1 Å². The van der Waals surface area contributed by atoms with Crippen LogP contribution in [-0.2, 0) is 0 Å². The Kier molecular flexibility index (Phi) is 4.35. The largest absolute Gasteiger partial charge is 0.353 e. The van der Waals surface area contributed by atoms with Crippen molar-refractivity contribution in [2.24, 2.45) is 0 Å². The Morgan fingerprint density at radius 1 is 1.04 bits per heavy atom. The minimum absolute atomic E-state index is 0.0843. The summed E-state index contributed by atoms with van der Waals surface area (Å²) in [6.45, 7) is 4.63. The Labute approximate surface area is 151 Å². The smallest absolute Gasteiger partial charge is 0.253 e. The summed E-state index contributed by atoms with van der Waals surface area (Å²) in [7, 11) is 0. The van der Waals surface area contributed by atoms with Crippen molar-refractivity contribution in [1.82, 2.24) is 20.0 Å². The fourth-order valence-corrected chi connectivity index (χ4v) is 3.02. The van der Waals surface area contributed by atoms with Crippen LogP contribution < -0.4 is 4.90 Å². The van der Waals surface area contributed by atoms with Crippen molar-refractivity contribution in [3.63, 3.8) is 0 Å². The van der Waals surface area contributed by atoms with E-state index in [2.05, 4.69) is 20.0 Å². The minimum Gasteiger partial charge on any atom is -0.353 e. The number of pyridine rings is 1. The quantitative estimate of drug-likeness (QED) is 0.723. The third-order valence-corrected chi connectivity index (χ3v) is 4.45. The number of carbonyl (C=O) groups excluding carboxylic acids is 1. The number of nitrogens with zero attached hydrogens (tertiary/aromatic N) is 5. The number of carbonyl (C=O) groups is 1. The molecule has 3 aromatic rings. The third kappa shape index (κ3) is 3.28. The lowest BCUT2D eigenvalue weighted by atomic mass is 10.2. The highest BCUT2D eigenvalue weighted by Gasteiger charge is 2.22. The van der Waals surface area contributed by atoms with E-state index in [1.807, 2.05) is 47.4 Å². The fraction of sp³-hybridized carbons (Fsp3) is 0.263. The van der Waals surface area contributed by atoms with Gasteiger partial charge in [-0.3, -0.25) is 4.79 Å². The topological polar surface area (TPSA) is 75.4 Å². The first kappa shape index (κ1) is 16.3. The molecule has 0 N–H and O–H groups in total. The Morgan fingerprint density at radius 3 is 2.42 bits per heavy atom. The van der Waals surface area contributed by atoms with Crippen molar-refractivity contribution in [3.05, 3.63) is 60.1 Å². The summed E-state index contributed by atoms with van der Waals surface area (Å²) < 4.78 is 5.00. The average molecular weight is 349 g/mol. The van der Waals surface area contributed by atoms with E-state index in [1.54, 1.807) is 13.1 Å². The van der Waals surface area contributed by atoms with Crippen LogP contribution in [-0.4, -0.2) is 52.1 Å². The molecule has 1 aliphatic rings. The molecule has 0 radical (unpaired) electrons. The van der Waals surface area contributed by atoms with E-state index < -0.39 is 0 Å². The molecule has 0 aliphatic carbocycles. The number of rotatable bonds is 3. The van der Waals surface area contributed by atoms with E-state index in [0.29, 0.717) is 24.8 Å². The van der Waals surface area contributed by atoms with Gasteiger partial charge in [0.15, 0.2) is 0 Å². The number of aromatic nitrogens is 3. The number of aryl methyl sites for hydroxylation is 1. The molecule has 26 heavy (non-hydrogen) atoms. The Morgan fingerprint density at radius 2 is 1.81 bits per heavy atom. The molecule has 3 heterocycles. The predicted molar refractivity (Wildman–Crippen MR) is 96.8 cm³/mol. The van der Waals surface area contributed by atoms with E-state index >= 15 is 0 Å². The van der Waals surface area contributed by atoms with Gasteiger partial charge in [-0.15, -0.1) is 0 Å². The van der Waals surface area contributed by atoms with Gasteiger partial charge in [-0.25, -0.2) is 4.98 Å². The van der Waals surface area contributed by atoms with Crippen LogP contribution >= 0.6 is 0 Å². The van der Waals surface area contributed by atoms with Crippen molar-refractivity contribution >= 4 is 11.7 Å². The van der Waals surface area contributed by atoms with Gasteiger partial charge in [-0.1, -0.05) is 23.4 Å². The molecule has 1 amide bonds. The maximum absolute atomic E-state index is 12.5. The molecule has 0 spiro atoms. The molecular weight excluding hydrogens is 330 g/mol. The first-order valence-corrected chi connectivity index (χ1v) is 8.57. The maximum Gasteiger partial charge on any atom is 0.253 e. The van der Waals surface area contributed by atoms with E-state index in [4.69, 9.17) is 4.52 Å². The molecule has 0 atom stereocenters. The van der Waals surface area contributed by atoms with Gasteiger partial charge in [0.1, 0.15) is 5.82 Å². The van der Waals surface area contributed by atoms with Crippen LogP contribution in [0, 0.1) is 6.92 Å². The van der Waals surface area contributed by atoms with Crippen molar-refractivity contribution in [3.8, 4) is 11.4 Å². The van der Waals surface area contributed by atoms with E-state index in [9.17, 15) is 4.79 Å². The summed E-state index contributed by atoms with van der Waals surface area (Å²) in [5.74, 6) is 2.05. The van der Waals surface area contributed by atoms with Gasteiger partial charge in [0.25, 0.3) is 5.91 Å². The first-order valence-electron chi connectivity index (χ1n) is 8.57. The molecule has 1 fully saturated rings.